The largest absolute Gasteiger partial charge is 0.302 e. The van der Waals surface area contributed by atoms with Gasteiger partial charge in [-0.25, -0.2) is 5.01 Å². The first kappa shape index (κ1) is 8.97. The van der Waals surface area contributed by atoms with Crippen LogP contribution in [0.1, 0.15) is 19.8 Å². The normalized spacial score (nSPS) is 19.9. The Morgan fingerprint density at radius 3 is 2.55 bits per heavy atom. The molecule has 0 aromatic heterocycles. The van der Waals surface area contributed by atoms with Gasteiger partial charge in [-0.2, -0.15) is 0 Å². The molecule has 0 radical (unpaired) electrons. The van der Waals surface area contributed by atoms with Crippen LogP contribution in [0.4, 0.5) is 0 Å². The molecule has 1 heterocycles. The smallest absolute Gasteiger partial charge is 0.0256 e. The van der Waals surface area contributed by atoms with Gasteiger partial charge in [-0.1, -0.05) is 6.92 Å². The molecule has 11 heavy (non-hydrogen) atoms. The van der Waals surface area contributed by atoms with E-state index in [4.69, 9.17) is 5.84 Å². The van der Waals surface area contributed by atoms with Gasteiger partial charge in [0.25, 0.3) is 0 Å². The molecule has 1 saturated heterocycles. The number of hydrazine groups is 1. The molecule has 0 aliphatic carbocycles. The van der Waals surface area contributed by atoms with Gasteiger partial charge in [0, 0.05) is 19.6 Å². The van der Waals surface area contributed by atoms with Gasteiger partial charge < -0.3 is 4.90 Å². The second-order valence-electron chi connectivity index (χ2n) is 3.18. The van der Waals surface area contributed by atoms with Crippen LogP contribution in [0.15, 0.2) is 0 Å². The highest BCUT2D eigenvalue weighted by molar-refractivity contribution is 4.66. The molecule has 1 rings (SSSR count). The lowest BCUT2D eigenvalue weighted by Gasteiger charge is -2.19. The van der Waals surface area contributed by atoms with Crippen molar-refractivity contribution in [2.24, 2.45) is 5.84 Å². The molecule has 1 aliphatic rings. The first-order valence-corrected chi connectivity index (χ1v) is 4.55. The third-order valence-corrected chi connectivity index (χ3v) is 2.31. The molecular formula is C8H19N3. The third kappa shape index (κ3) is 3.18. The van der Waals surface area contributed by atoms with Crippen molar-refractivity contribution in [2.75, 3.05) is 32.7 Å². The monoisotopic (exact) mass is 157 g/mol. The van der Waals surface area contributed by atoms with E-state index in [1.54, 1.807) is 0 Å². The molecule has 2 N–H and O–H groups in total. The Bertz CT molecular complexity index is 99.5. The molecule has 0 amide bonds. The summed E-state index contributed by atoms with van der Waals surface area (Å²) in [5.41, 5.74) is 0. The van der Waals surface area contributed by atoms with Crippen LogP contribution < -0.4 is 5.84 Å². The highest BCUT2D eigenvalue weighted by Gasteiger charge is 2.10. The number of rotatable bonds is 4. The number of likely N-dealkylation sites (N-methyl/N-ethyl adjacent to an activating group) is 1. The third-order valence-electron chi connectivity index (χ3n) is 2.31. The summed E-state index contributed by atoms with van der Waals surface area (Å²) in [6.45, 7) is 7.74. The maximum atomic E-state index is 5.66. The number of hydrogen-bond donors (Lipinski definition) is 1. The minimum atomic E-state index is 0.952. The summed E-state index contributed by atoms with van der Waals surface area (Å²) in [6, 6.07) is 0. The minimum absolute atomic E-state index is 0.952. The molecule has 3 nitrogen and oxygen atoms in total. The van der Waals surface area contributed by atoms with E-state index >= 15 is 0 Å². The number of nitrogens with zero attached hydrogens (tertiary/aromatic N) is 2. The van der Waals surface area contributed by atoms with Gasteiger partial charge in [-0.15, -0.1) is 0 Å². The van der Waals surface area contributed by atoms with Gasteiger partial charge in [0.1, 0.15) is 0 Å². The van der Waals surface area contributed by atoms with Crippen LogP contribution in [0.3, 0.4) is 0 Å². The van der Waals surface area contributed by atoms with E-state index in [0.29, 0.717) is 0 Å². The lowest BCUT2D eigenvalue weighted by molar-refractivity contribution is 0.237. The summed E-state index contributed by atoms with van der Waals surface area (Å²) < 4.78 is 0. The second-order valence-corrected chi connectivity index (χ2v) is 3.18. The number of nitrogens with two attached hydrogens (primary N) is 1. The first-order chi connectivity index (χ1) is 5.33. The van der Waals surface area contributed by atoms with Crippen LogP contribution in [0.2, 0.25) is 0 Å². The average Bonchev–Trinajstić information content (AvgIpc) is 2.52. The predicted molar refractivity (Wildman–Crippen MR) is 47.1 cm³/mol. The Morgan fingerprint density at radius 1 is 1.36 bits per heavy atom. The summed E-state index contributed by atoms with van der Waals surface area (Å²) in [5, 5.41) is 1.87. The minimum Gasteiger partial charge on any atom is -0.302 e. The Morgan fingerprint density at radius 2 is 2.00 bits per heavy atom. The fourth-order valence-corrected chi connectivity index (χ4v) is 1.43. The fourth-order valence-electron chi connectivity index (χ4n) is 1.43. The summed E-state index contributed by atoms with van der Waals surface area (Å²) in [4.78, 5) is 2.48. The standard InChI is InChI=1S/C8H19N3/c1-2-11(9)8-7-10-5-3-4-6-10/h2-9H2,1H3. The molecule has 0 bridgehead atoms. The molecular weight excluding hydrogens is 138 g/mol. The second kappa shape index (κ2) is 4.70. The van der Waals surface area contributed by atoms with Crippen LogP contribution in [-0.4, -0.2) is 42.6 Å². The van der Waals surface area contributed by atoms with Crippen LogP contribution in [0, 0.1) is 0 Å². The van der Waals surface area contributed by atoms with Crippen molar-refractivity contribution >= 4 is 0 Å². The predicted octanol–water partition coefficient (Wildman–Crippen LogP) is 0.278. The van der Waals surface area contributed by atoms with Gasteiger partial charge in [0.05, 0.1) is 0 Å². The van der Waals surface area contributed by atoms with Crippen molar-refractivity contribution in [3.05, 3.63) is 0 Å². The Hall–Kier alpha value is -0.120. The van der Waals surface area contributed by atoms with Crippen molar-refractivity contribution in [3.8, 4) is 0 Å². The quantitative estimate of drug-likeness (QED) is 0.470. The zero-order valence-electron chi connectivity index (χ0n) is 7.42. The van der Waals surface area contributed by atoms with Crippen LogP contribution >= 0.6 is 0 Å². The van der Waals surface area contributed by atoms with Crippen LogP contribution in [-0.2, 0) is 0 Å². The molecule has 0 spiro atoms. The van der Waals surface area contributed by atoms with Gasteiger partial charge in [-0.3, -0.25) is 5.84 Å². The number of hydrogen-bond acceptors (Lipinski definition) is 3. The Labute approximate surface area is 69.1 Å². The van der Waals surface area contributed by atoms with E-state index in [1.807, 2.05) is 5.01 Å². The van der Waals surface area contributed by atoms with E-state index in [-0.39, 0.29) is 0 Å². The SMILES string of the molecule is CCN(N)CCN1CCCC1. The summed E-state index contributed by atoms with van der Waals surface area (Å²) in [6.07, 6.45) is 2.74. The average molecular weight is 157 g/mol. The molecule has 0 aromatic carbocycles. The van der Waals surface area contributed by atoms with Crippen LogP contribution in [0.5, 0.6) is 0 Å². The van der Waals surface area contributed by atoms with Gasteiger partial charge >= 0.3 is 0 Å². The molecule has 66 valence electrons. The first-order valence-electron chi connectivity index (χ1n) is 4.55. The highest BCUT2D eigenvalue weighted by atomic mass is 15.4. The molecule has 0 atom stereocenters. The topological polar surface area (TPSA) is 32.5 Å². The molecule has 1 aliphatic heterocycles. The van der Waals surface area contributed by atoms with Crippen molar-refractivity contribution in [3.63, 3.8) is 0 Å². The Kier molecular flexibility index (Phi) is 3.83. The van der Waals surface area contributed by atoms with Crippen molar-refractivity contribution in [2.45, 2.75) is 19.8 Å². The maximum Gasteiger partial charge on any atom is 0.0256 e. The number of likely N-dealkylation sites (tertiary alicyclic amines) is 1. The van der Waals surface area contributed by atoms with Gasteiger partial charge in [0.15, 0.2) is 0 Å². The summed E-state index contributed by atoms with van der Waals surface area (Å²) >= 11 is 0. The van der Waals surface area contributed by atoms with Crippen molar-refractivity contribution < 1.29 is 0 Å². The maximum absolute atomic E-state index is 5.66. The van der Waals surface area contributed by atoms with Crippen molar-refractivity contribution in [1.29, 1.82) is 0 Å². The van der Waals surface area contributed by atoms with E-state index < -0.39 is 0 Å². The van der Waals surface area contributed by atoms with E-state index in [0.717, 1.165) is 19.6 Å². The van der Waals surface area contributed by atoms with E-state index in [9.17, 15) is 0 Å². The molecule has 0 unspecified atom stereocenters. The lowest BCUT2D eigenvalue weighted by Crippen LogP contribution is -2.38. The van der Waals surface area contributed by atoms with Crippen LogP contribution in [0.25, 0.3) is 0 Å². The lowest BCUT2D eigenvalue weighted by atomic mass is 10.4. The zero-order valence-corrected chi connectivity index (χ0v) is 7.42. The molecule has 1 fully saturated rings. The van der Waals surface area contributed by atoms with Crippen molar-refractivity contribution in [1.82, 2.24) is 9.91 Å². The molecule has 0 aromatic rings. The van der Waals surface area contributed by atoms with Gasteiger partial charge in [-0.05, 0) is 25.9 Å². The van der Waals surface area contributed by atoms with E-state index in [2.05, 4.69) is 11.8 Å². The van der Waals surface area contributed by atoms with E-state index in [1.165, 1.54) is 25.9 Å². The summed E-state index contributed by atoms with van der Waals surface area (Å²) in [5.74, 6) is 5.66. The Balaban J connectivity index is 2.01. The highest BCUT2D eigenvalue weighted by Crippen LogP contribution is 2.05. The molecule has 0 saturated carbocycles. The zero-order chi connectivity index (χ0) is 8.10. The fraction of sp³-hybridized carbons (Fsp3) is 1.00. The summed E-state index contributed by atoms with van der Waals surface area (Å²) in [7, 11) is 0. The van der Waals surface area contributed by atoms with Gasteiger partial charge in [0.2, 0.25) is 0 Å². The molecule has 3 heteroatoms.